The largest absolute Gasteiger partial charge is 0.383 e. The molecule has 4 aliphatic carbocycles. The number of imide groups is 1. The van der Waals surface area contributed by atoms with Gasteiger partial charge in [-0.25, -0.2) is 14.8 Å². The average Bonchev–Trinajstić information content (AvgIpc) is 2.50. The Balaban J connectivity index is 1.29. The van der Waals surface area contributed by atoms with Crippen LogP contribution in [0.15, 0.2) is 11.2 Å². The number of rotatable bonds is 4. The van der Waals surface area contributed by atoms with Gasteiger partial charge in [0.15, 0.2) is 5.16 Å². The van der Waals surface area contributed by atoms with Crippen LogP contribution in [0.5, 0.6) is 0 Å². The van der Waals surface area contributed by atoms with Gasteiger partial charge < -0.3 is 16.8 Å². The SMILES string of the molecule is Nc1cc(N)nc(SCC(=O)NC(=O)NC23CC4CC(CC(C4)C2)C3)n1. The van der Waals surface area contributed by atoms with E-state index in [0.29, 0.717) is 5.16 Å². The minimum Gasteiger partial charge on any atom is -0.383 e. The zero-order valence-electron chi connectivity index (χ0n) is 14.5. The zero-order chi connectivity index (χ0) is 18.3. The van der Waals surface area contributed by atoms with E-state index in [4.69, 9.17) is 11.5 Å². The number of carbonyl (C=O) groups is 2. The molecule has 4 aliphatic rings. The first-order valence-electron chi connectivity index (χ1n) is 9.04. The summed E-state index contributed by atoms with van der Waals surface area (Å²) in [4.78, 5) is 32.4. The number of nitrogens with one attached hydrogen (secondary N) is 2. The predicted molar refractivity (Wildman–Crippen MR) is 99.2 cm³/mol. The van der Waals surface area contributed by atoms with Crippen molar-refractivity contribution < 1.29 is 9.59 Å². The molecule has 8 nitrogen and oxygen atoms in total. The zero-order valence-corrected chi connectivity index (χ0v) is 15.3. The minimum absolute atomic E-state index is 0.0250. The van der Waals surface area contributed by atoms with Crippen LogP contribution in [0.25, 0.3) is 0 Å². The van der Waals surface area contributed by atoms with Gasteiger partial charge >= 0.3 is 6.03 Å². The molecule has 1 aromatic rings. The van der Waals surface area contributed by atoms with Crippen LogP contribution in [0.2, 0.25) is 0 Å². The quantitative estimate of drug-likeness (QED) is 0.462. The first-order chi connectivity index (χ1) is 12.4. The number of nitrogens with two attached hydrogens (primary N) is 2. The fraction of sp³-hybridized carbons (Fsp3) is 0.647. The summed E-state index contributed by atoms with van der Waals surface area (Å²) in [5.41, 5.74) is 11.1. The van der Waals surface area contributed by atoms with Crippen LogP contribution < -0.4 is 22.1 Å². The van der Waals surface area contributed by atoms with Gasteiger partial charge in [-0.15, -0.1) is 0 Å². The van der Waals surface area contributed by atoms with Crippen LogP contribution in [0.4, 0.5) is 16.4 Å². The molecule has 26 heavy (non-hydrogen) atoms. The molecule has 0 spiro atoms. The molecule has 1 aromatic heterocycles. The summed E-state index contributed by atoms with van der Waals surface area (Å²) in [5, 5.41) is 5.87. The number of nitrogens with zero attached hydrogens (tertiary/aromatic N) is 2. The lowest BCUT2D eigenvalue weighted by Gasteiger charge is -2.56. The summed E-state index contributed by atoms with van der Waals surface area (Å²) in [6.45, 7) is 0. The summed E-state index contributed by atoms with van der Waals surface area (Å²) < 4.78 is 0. The van der Waals surface area contributed by atoms with Crippen molar-refractivity contribution in [3.05, 3.63) is 6.07 Å². The topological polar surface area (TPSA) is 136 Å². The van der Waals surface area contributed by atoms with Crippen LogP contribution >= 0.6 is 11.8 Å². The predicted octanol–water partition coefficient (Wildman–Crippen LogP) is 1.53. The second-order valence-electron chi connectivity index (χ2n) is 7.99. The van der Waals surface area contributed by atoms with Gasteiger partial charge in [-0.3, -0.25) is 10.1 Å². The Labute approximate surface area is 156 Å². The number of hydrogen-bond donors (Lipinski definition) is 4. The maximum Gasteiger partial charge on any atom is 0.321 e. The molecule has 0 aromatic carbocycles. The molecular weight excluding hydrogens is 352 g/mol. The summed E-state index contributed by atoms with van der Waals surface area (Å²) in [5.74, 6) is 2.34. The van der Waals surface area contributed by atoms with Crippen LogP contribution in [0, 0.1) is 17.8 Å². The highest BCUT2D eigenvalue weighted by Gasteiger charge is 2.51. The molecule has 4 fully saturated rings. The van der Waals surface area contributed by atoms with E-state index in [9.17, 15) is 9.59 Å². The Morgan fingerprint density at radius 3 is 2.15 bits per heavy atom. The number of anilines is 2. The average molecular weight is 376 g/mol. The molecular formula is C17H24N6O2S. The van der Waals surface area contributed by atoms with E-state index in [-0.39, 0.29) is 28.8 Å². The van der Waals surface area contributed by atoms with Gasteiger partial charge in [-0.1, -0.05) is 11.8 Å². The van der Waals surface area contributed by atoms with Gasteiger partial charge in [0.25, 0.3) is 0 Å². The van der Waals surface area contributed by atoms with E-state index in [2.05, 4.69) is 20.6 Å². The van der Waals surface area contributed by atoms with Crippen LogP contribution in [0.1, 0.15) is 38.5 Å². The Kier molecular flexibility index (Phi) is 4.42. The molecule has 4 saturated carbocycles. The number of urea groups is 1. The third-order valence-corrected chi connectivity index (χ3v) is 6.59. The van der Waals surface area contributed by atoms with Crippen molar-refractivity contribution in [1.29, 1.82) is 0 Å². The van der Waals surface area contributed by atoms with Crippen LogP contribution in [0.3, 0.4) is 0 Å². The molecule has 5 rings (SSSR count). The third-order valence-electron chi connectivity index (χ3n) is 5.75. The fourth-order valence-corrected chi connectivity index (χ4v) is 6.03. The number of amides is 3. The lowest BCUT2D eigenvalue weighted by atomic mass is 9.53. The molecule has 0 atom stereocenters. The normalized spacial score (nSPS) is 31.6. The van der Waals surface area contributed by atoms with E-state index in [1.54, 1.807) is 0 Å². The third kappa shape index (κ3) is 3.72. The van der Waals surface area contributed by atoms with Crippen molar-refractivity contribution in [3.63, 3.8) is 0 Å². The first-order valence-corrected chi connectivity index (χ1v) is 10.0. The number of thioether (sulfide) groups is 1. The van der Waals surface area contributed by atoms with Gasteiger partial charge in [0, 0.05) is 11.6 Å². The fourth-order valence-electron chi connectivity index (χ4n) is 5.36. The van der Waals surface area contributed by atoms with Gasteiger partial charge in [0.2, 0.25) is 5.91 Å². The summed E-state index contributed by atoms with van der Waals surface area (Å²) in [7, 11) is 0. The molecule has 6 N–H and O–H groups in total. The van der Waals surface area contributed by atoms with Crippen molar-refractivity contribution in [3.8, 4) is 0 Å². The van der Waals surface area contributed by atoms with Crippen LogP contribution in [-0.4, -0.2) is 33.2 Å². The van der Waals surface area contributed by atoms with Gasteiger partial charge in [0.1, 0.15) is 11.6 Å². The Morgan fingerprint density at radius 1 is 1.08 bits per heavy atom. The highest BCUT2D eigenvalue weighted by molar-refractivity contribution is 7.99. The molecule has 1 heterocycles. The highest BCUT2D eigenvalue weighted by Crippen LogP contribution is 2.55. The van der Waals surface area contributed by atoms with E-state index in [1.807, 2.05) is 0 Å². The summed E-state index contributed by atoms with van der Waals surface area (Å²) >= 11 is 1.09. The number of hydrogen-bond acceptors (Lipinski definition) is 7. The van der Waals surface area contributed by atoms with Gasteiger partial charge in [-0.2, -0.15) is 0 Å². The maximum absolute atomic E-state index is 12.3. The smallest absolute Gasteiger partial charge is 0.321 e. The summed E-state index contributed by atoms with van der Waals surface area (Å²) in [6.07, 6.45) is 7.06. The molecule has 0 radical (unpaired) electrons. The Morgan fingerprint density at radius 2 is 1.62 bits per heavy atom. The molecule has 3 amide bonds. The van der Waals surface area contributed by atoms with Crippen molar-refractivity contribution in [2.24, 2.45) is 17.8 Å². The maximum atomic E-state index is 12.3. The molecule has 0 unspecified atom stereocenters. The van der Waals surface area contributed by atoms with E-state index < -0.39 is 6.03 Å². The Hall–Kier alpha value is -2.03. The van der Waals surface area contributed by atoms with Crippen LogP contribution in [-0.2, 0) is 4.79 Å². The number of aromatic nitrogens is 2. The molecule has 0 saturated heterocycles. The summed E-state index contributed by atoms with van der Waals surface area (Å²) in [6, 6.07) is 1.05. The number of nitrogen functional groups attached to an aromatic ring is 2. The standard InChI is InChI=1S/C17H24N6O2S/c18-12-4-13(19)21-16(20-12)26-8-14(24)22-15(25)23-17-5-9-1-10(6-17)3-11(2-9)7-17/h4,9-11H,1-3,5-8H2,(H4,18,19,20,21)(H2,22,23,24,25). The second-order valence-corrected chi connectivity index (χ2v) is 8.93. The van der Waals surface area contributed by atoms with Crippen molar-refractivity contribution in [2.75, 3.05) is 17.2 Å². The highest BCUT2D eigenvalue weighted by atomic mass is 32.2. The molecule has 9 heteroatoms. The minimum atomic E-state index is -0.398. The second kappa shape index (κ2) is 6.61. The lowest BCUT2D eigenvalue weighted by molar-refractivity contribution is -0.117. The lowest BCUT2D eigenvalue weighted by Crippen LogP contribution is -2.61. The van der Waals surface area contributed by atoms with Gasteiger partial charge in [-0.05, 0) is 56.3 Å². The van der Waals surface area contributed by atoms with E-state index >= 15 is 0 Å². The van der Waals surface area contributed by atoms with Crippen molar-refractivity contribution >= 4 is 35.3 Å². The van der Waals surface area contributed by atoms with Gasteiger partial charge in [0.05, 0.1) is 5.75 Å². The molecule has 0 aliphatic heterocycles. The Bertz CT molecular complexity index is 684. The first kappa shape index (κ1) is 17.4. The van der Waals surface area contributed by atoms with E-state index in [0.717, 1.165) is 48.8 Å². The number of carbonyl (C=O) groups excluding carboxylic acids is 2. The monoisotopic (exact) mass is 376 g/mol. The van der Waals surface area contributed by atoms with E-state index in [1.165, 1.54) is 25.3 Å². The van der Waals surface area contributed by atoms with Crippen molar-refractivity contribution in [1.82, 2.24) is 20.6 Å². The molecule has 140 valence electrons. The van der Waals surface area contributed by atoms with Crippen molar-refractivity contribution in [2.45, 2.75) is 49.2 Å². The molecule has 4 bridgehead atoms.